The van der Waals surface area contributed by atoms with Gasteiger partial charge < -0.3 is 14.8 Å². The van der Waals surface area contributed by atoms with E-state index in [1.807, 2.05) is 10.7 Å². The van der Waals surface area contributed by atoms with Gasteiger partial charge in [-0.15, -0.1) is 0 Å². The summed E-state index contributed by atoms with van der Waals surface area (Å²) in [5.74, 6) is 0.724. The first kappa shape index (κ1) is 18.1. The average molecular weight is 434 g/mol. The third kappa shape index (κ3) is 4.29. The zero-order chi connectivity index (χ0) is 17.3. The molecule has 2 aromatic rings. The maximum atomic E-state index is 6.16. The third-order valence-electron chi connectivity index (χ3n) is 3.83. The summed E-state index contributed by atoms with van der Waals surface area (Å²) in [6.45, 7) is 9.54. The minimum atomic E-state index is -1.10. The Bertz CT molecular complexity index is 730. The summed E-state index contributed by atoms with van der Waals surface area (Å²) in [5, 5.41) is 8.41. The van der Waals surface area contributed by atoms with Gasteiger partial charge in [0.25, 0.3) is 0 Å². The predicted octanol–water partition coefficient (Wildman–Crippen LogP) is 3.97. The number of aromatic nitrogens is 3. The van der Waals surface area contributed by atoms with Crippen LogP contribution in [0.15, 0.2) is 10.5 Å². The molecule has 0 amide bonds. The molecule has 1 aliphatic heterocycles. The van der Waals surface area contributed by atoms with Crippen molar-refractivity contribution in [2.24, 2.45) is 0 Å². The molecule has 3 rings (SSSR count). The van der Waals surface area contributed by atoms with Crippen LogP contribution in [0.4, 0.5) is 5.82 Å². The highest BCUT2D eigenvalue weighted by molar-refractivity contribution is 9.10. The summed E-state index contributed by atoms with van der Waals surface area (Å²) in [4.78, 5) is 4.46. The van der Waals surface area contributed by atoms with Crippen molar-refractivity contribution in [1.29, 1.82) is 0 Å². The summed E-state index contributed by atoms with van der Waals surface area (Å²) in [6, 6.07) is 3.33. The van der Waals surface area contributed by atoms with E-state index in [0.29, 0.717) is 25.1 Å². The number of fused-ring (bicyclic) bond motifs is 1. The fraction of sp³-hybridized carbons (Fsp3) is 0.600. The molecule has 1 saturated heterocycles. The largest absolute Gasteiger partial charge is 0.377 e. The van der Waals surface area contributed by atoms with Crippen LogP contribution in [-0.2, 0) is 16.2 Å². The topological polar surface area (TPSA) is 61.2 Å². The summed E-state index contributed by atoms with van der Waals surface area (Å²) in [5.41, 5.74) is 1.64. The Hall–Kier alpha value is -0.673. The van der Waals surface area contributed by atoms with Gasteiger partial charge in [0.1, 0.15) is 17.4 Å². The molecule has 24 heavy (non-hydrogen) atoms. The van der Waals surface area contributed by atoms with Crippen molar-refractivity contribution in [1.82, 2.24) is 14.8 Å². The van der Waals surface area contributed by atoms with Crippen molar-refractivity contribution < 1.29 is 9.47 Å². The van der Waals surface area contributed by atoms with E-state index < -0.39 is 8.07 Å². The van der Waals surface area contributed by atoms with Crippen molar-refractivity contribution >= 4 is 52.5 Å². The lowest BCUT2D eigenvalue weighted by molar-refractivity contribution is 0.0209. The van der Waals surface area contributed by atoms with Crippen LogP contribution in [0.25, 0.3) is 11.0 Å². The summed E-state index contributed by atoms with van der Waals surface area (Å²) < 4.78 is 13.6. The Morgan fingerprint density at radius 3 is 2.83 bits per heavy atom. The number of hydrogen-bond donors (Lipinski definition) is 1. The number of halogens is 2. The molecule has 0 radical (unpaired) electrons. The van der Waals surface area contributed by atoms with Gasteiger partial charge in [0.2, 0.25) is 0 Å². The zero-order valence-corrected chi connectivity index (χ0v) is 17.4. The van der Waals surface area contributed by atoms with Crippen molar-refractivity contribution in [2.75, 3.05) is 25.1 Å². The second-order valence-corrected chi connectivity index (χ2v) is 14.0. The minimum Gasteiger partial charge on any atom is -0.377 e. The van der Waals surface area contributed by atoms with Crippen LogP contribution in [0.5, 0.6) is 0 Å². The Morgan fingerprint density at radius 2 is 2.21 bits per heavy atom. The fourth-order valence-electron chi connectivity index (χ4n) is 2.29. The summed E-state index contributed by atoms with van der Waals surface area (Å²) >= 11 is 9.59. The lowest BCUT2D eigenvalue weighted by Gasteiger charge is -2.26. The van der Waals surface area contributed by atoms with Crippen LogP contribution in [0.2, 0.25) is 30.8 Å². The lowest BCUT2D eigenvalue weighted by Crippen LogP contribution is -2.40. The number of pyridine rings is 1. The molecule has 1 N–H and O–H groups in total. The van der Waals surface area contributed by atoms with Crippen LogP contribution in [0.1, 0.15) is 0 Å². The molecule has 0 atom stereocenters. The highest BCUT2D eigenvalue weighted by Gasteiger charge is 2.22. The number of nitrogens with zero attached hydrogens (tertiary/aromatic N) is 3. The van der Waals surface area contributed by atoms with Crippen LogP contribution >= 0.6 is 27.5 Å². The molecule has 132 valence electrons. The smallest absolute Gasteiger partial charge is 0.175 e. The van der Waals surface area contributed by atoms with E-state index in [1.165, 1.54) is 0 Å². The van der Waals surface area contributed by atoms with Crippen LogP contribution in [0.3, 0.4) is 0 Å². The molecule has 1 fully saturated rings. The zero-order valence-electron chi connectivity index (χ0n) is 14.1. The quantitative estimate of drug-likeness (QED) is 0.407. The van der Waals surface area contributed by atoms with Gasteiger partial charge >= 0.3 is 0 Å². The van der Waals surface area contributed by atoms with Gasteiger partial charge in [-0.05, 0) is 28.0 Å². The Balaban J connectivity index is 1.79. The van der Waals surface area contributed by atoms with E-state index in [9.17, 15) is 0 Å². The van der Waals surface area contributed by atoms with Crippen LogP contribution in [-0.4, -0.2) is 48.7 Å². The van der Waals surface area contributed by atoms with Crippen molar-refractivity contribution in [2.45, 2.75) is 38.5 Å². The van der Waals surface area contributed by atoms with Gasteiger partial charge in [-0.2, -0.15) is 5.10 Å². The van der Waals surface area contributed by atoms with E-state index in [2.05, 4.69) is 51.0 Å². The summed E-state index contributed by atoms with van der Waals surface area (Å²) in [6.07, 6.45) is 0. The number of ether oxygens (including phenoxy) is 2. The second-order valence-electron chi connectivity index (χ2n) is 7.20. The second kappa shape index (κ2) is 7.29. The number of hydrogen-bond acceptors (Lipinski definition) is 5. The molecule has 9 heteroatoms. The van der Waals surface area contributed by atoms with Crippen LogP contribution < -0.4 is 5.32 Å². The van der Waals surface area contributed by atoms with Gasteiger partial charge in [-0.25, -0.2) is 9.67 Å². The molecule has 0 bridgehead atoms. The molecule has 1 aliphatic rings. The van der Waals surface area contributed by atoms with Gasteiger partial charge in [-0.3, -0.25) is 0 Å². The first-order valence-electron chi connectivity index (χ1n) is 7.98. The first-order chi connectivity index (χ1) is 11.3. The normalized spacial score (nSPS) is 15.7. The van der Waals surface area contributed by atoms with Crippen molar-refractivity contribution in [3.05, 3.63) is 15.7 Å². The standard InChI is InChI=1S/C15H22BrClN4O2Si/c1-24(2,3)5-4-22-9-21-12-6-11(16)14(17)19-13(12)15(20-21)18-10-7-23-8-10/h6,10H,4-5,7-9H2,1-3H3,(H,18,20). The predicted molar refractivity (Wildman–Crippen MR) is 103 cm³/mol. The van der Waals surface area contributed by atoms with Crippen molar-refractivity contribution in [3.8, 4) is 0 Å². The molecule has 0 saturated carbocycles. The lowest BCUT2D eigenvalue weighted by atomic mass is 10.2. The highest BCUT2D eigenvalue weighted by Crippen LogP contribution is 2.30. The molecule has 3 heterocycles. The Labute approximate surface area is 156 Å². The van der Waals surface area contributed by atoms with Crippen molar-refractivity contribution in [3.63, 3.8) is 0 Å². The molecular formula is C15H22BrClN4O2Si. The van der Waals surface area contributed by atoms with E-state index in [0.717, 1.165) is 34.0 Å². The first-order valence-corrected chi connectivity index (χ1v) is 12.9. The van der Waals surface area contributed by atoms with Crippen LogP contribution in [0, 0.1) is 0 Å². The highest BCUT2D eigenvalue weighted by atomic mass is 79.9. The minimum absolute atomic E-state index is 0.272. The number of anilines is 1. The SMILES string of the molecule is C[Si](C)(C)CCOCn1nc(NC2COC2)c2nc(Cl)c(Br)cc21. The van der Waals surface area contributed by atoms with E-state index in [1.54, 1.807) is 0 Å². The molecule has 0 unspecified atom stereocenters. The van der Waals surface area contributed by atoms with E-state index in [4.69, 9.17) is 21.1 Å². The van der Waals surface area contributed by atoms with Gasteiger partial charge in [-0.1, -0.05) is 31.2 Å². The molecule has 2 aromatic heterocycles. The summed E-state index contributed by atoms with van der Waals surface area (Å²) in [7, 11) is -1.10. The van der Waals surface area contributed by atoms with E-state index in [-0.39, 0.29) is 6.04 Å². The maximum Gasteiger partial charge on any atom is 0.175 e. The molecule has 0 aromatic carbocycles. The Kier molecular flexibility index (Phi) is 5.51. The molecule has 0 spiro atoms. The van der Waals surface area contributed by atoms with Gasteiger partial charge in [0.15, 0.2) is 5.82 Å². The molecule has 6 nitrogen and oxygen atoms in total. The number of nitrogens with one attached hydrogen (secondary N) is 1. The third-order valence-corrected chi connectivity index (χ3v) is 6.65. The van der Waals surface area contributed by atoms with Gasteiger partial charge in [0, 0.05) is 14.7 Å². The average Bonchev–Trinajstić information content (AvgIpc) is 2.76. The Morgan fingerprint density at radius 1 is 1.46 bits per heavy atom. The number of rotatable bonds is 7. The molecular weight excluding hydrogens is 412 g/mol. The monoisotopic (exact) mass is 432 g/mol. The van der Waals surface area contributed by atoms with Gasteiger partial charge in [0.05, 0.1) is 29.2 Å². The fourth-order valence-corrected chi connectivity index (χ4v) is 3.49. The molecule has 0 aliphatic carbocycles. The maximum absolute atomic E-state index is 6.16. The van der Waals surface area contributed by atoms with E-state index >= 15 is 0 Å².